The van der Waals surface area contributed by atoms with Crippen molar-refractivity contribution < 1.29 is 4.39 Å². The van der Waals surface area contributed by atoms with Crippen LogP contribution >= 0.6 is 0 Å². The van der Waals surface area contributed by atoms with Gasteiger partial charge in [0.1, 0.15) is 5.82 Å². The Kier molecular flexibility index (Phi) is 6.15. The molecule has 0 radical (unpaired) electrons. The van der Waals surface area contributed by atoms with Crippen LogP contribution in [0.15, 0.2) is 24.3 Å². The van der Waals surface area contributed by atoms with E-state index in [1.54, 1.807) is 6.07 Å². The van der Waals surface area contributed by atoms with E-state index in [-0.39, 0.29) is 17.3 Å². The molecule has 0 aromatic heterocycles. The smallest absolute Gasteiger partial charge is 0.127 e. The molecule has 2 atom stereocenters. The molecule has 0 saturated heterocycles. The lowest BCUT2D eigenvalue weighted by Crippen LogP contribution is -2.40. The first kappa shape index (κ1) is 17.1. The lowest BCUT2D eigenvalue weighted by atomic mass is 9.87. The zero-order valence-electron chi connectivity index (χ0n) is 13.7. The minimum Gasteiger partial charge on any atom is -0.313 e. The summed E-state index contributed by atoms with van der Waals surface area (Å²) < 4.78 is 13.8. The van der Waals surface area contributed by atoms with Crippen molar-refractivity contribution in [3.8, 4) is 0 Å². The van der Waals surface area contributed by atoms with E-state index in [2.05, 4.69) is 45.0 Å². The Morgan fingerprint density at radius 2 is 1.85 bits per heavy atom. The van der Waals surface area contributed by atoms with E-state index in [4.69, 9.17) is 0 Å². The van der Waals surface area contributed by atoms with Crippen LogP contribution in [-0.4, -0.2) is 31.6 Å². The van der Waals surface area contributed by atoms with Gasteiger partial charge < -0.3 is 10.2 Å². The fraction of sp³-hybridized carbons (Fsp3) is 0.647. The van der Waals surface area contributed by atoms with E-state index in [1.165, 1.54) is 6.07 Å². The molecule has 1 rings (SSSR count). The van der Waals surface area contributed by atoms with E-state index in [9.17, 15) is 4.39 Å². The molecule has 0 amide bonds. The zero-order chi connectivity index (χ0) is 15.3. The average Bonchev–Trinajstić information content (AvgIpc) is 2.39. The molecule has 0 saturated carbocycles. The third-order valence-electron chi connectivity index (χ3n) is 4.31. The number of nitrogens with one attached hydrogen (secondary N) is 1. The number of halogens is 1. The summed E-state index contributed by atoms with van der Waals surface area (Å²) in [6, 6.07) is 7.57. The minimum absolute atomic E-state index is 0.0609. The van der Waals surface area contributed by atoms with Crippen LogP contribution in [-0.2, 0) is 0 Å². The molecular weight excluding hydrogens is 251 g/mol. The van der Waals surface area contributed by atoms with Crippen molar-refractivity contribution in [2.45, 2.75) is 46.2 Å². The minimum atomic E-state index is -0.127. The molecule has 3 heteroatoms. The van der Waals surface area contributed by atoms with Crippen LogP contribution in [0.1, 0.15) is 45.7 Å². The summed E-state index contributed by atoms with van der Waals surface area (Å²) in [5, 5.41) is 3.23. The largest absolute Gasteiger partial charge is 0.313 e. The van der Waals surface area contributed by atoms with Gasteiger partial charge in [-0.3, -0.25) is 0 Å². The van der Waals surface area contributed by atoms with Gasteiger partial charge in [-0.1, -0.05) is 39.0 Å². The zero-order valence-corrected chi connectivity index (χ0v) is 13.7. The quantitative estimate of drug-likeness (QED) is 0.851. The Bertz CT molecular complexity index is 412. The third-order valence-corrected chi connectivity index (χ3v) is 4.31. The summed E-state index contributed by atoms with van der Waals surface area (Å²) in [6.07, 6.45) is 0.897. The molecule has 0 aliphatic carbocycles. The molecule has 1 aromatic rings. The fourth-order valence-electron chi connectivity index (χ4n) is 2.40. The predicted molar refractivity (Wildman–Crippen MR) is 84.4 cm³/mol. The van der Waals surface area contributed by atoms with Gasteiger partial charge in [0.25, 0.3) is 0 Å². The van der Waals surface area contributed by atoms with Crippen molar-refractivity contribution in [2.75, 3.05) is 20.6 Å². The maximum Gasteiger partial charge on any atom is 0.127 e. The van der Waals surface area contributed by atoms with Crippen molar-refractivity contribution >= 4 is 0 Å². The normalized spacial score (nSPS) is 15.4. The van der Waals surface area contributed by atoms with Crippen molar-refractivity contribution in [2.24, 2.45) is 5.41 Å². The molecule has 114 valence electrons. The molecule has 1 N–H and O–H groups in total. The topological polar surface area (TPSA) is 15.3 Å². The summed E-state index contributed by atoms with van der Waals surface area (Å²) in [4.78, 5) is 2.35. The molecule has 0 spiro atoms. The van der Waals surface area contributed by atoms with Gasteiger partial charge in [-0.15, -0.1) is 0 Å². The van der Waals surface area contributed by atoms with Crippen LogP contribution in [0, 0.1) is 11.2 Å². The molecule has 2 nitrogen and oxygen atoms in total. The number of rotatable bonds is 6. The lowest BCUT2D eigenvalue weighted by Gasteiger charge is -2.36. The van der Waals surface area contributed by atoms with Crippen molar-refractivity contribution in [1.29, 1.82) is 0 Å². The van der Waals surface area contributed by atoms with Crippen LogP contribution in [0.5, 0.6) is 0 Å². The Labute approximate surface area is 123 Å². The van der Waals surface area contributed by atoms with Gasteiger partial charge in [-0.05, 0) is 45.5 Å². The Balaban J connectivity index is 2.65. The van der Waals surface area contributed by atoms with Gasteiger partial charge in [-0.25, -0.2) is 4.39 Å². The number of benzene rings is 1. The van der Waals surface area contributed by atoms with E-state index >= 15 is 0 Å². The van der Waals surface area contributed by atoms with E-state index in [0.29, 0.717) is 6.04 Å². The van der Waals surface area contributed by atoms with Crippen molar-refractivity contribution in [3.05, 3.63) is 35.6 Å². The molecule has 0 heterocycles. The Morgan fingerprint density at radius 3 is 2.35 bits per heavy atom. The van der Waals surface area contributed by atoms with Gasteiger partial charge in [0.15, 0.2) is 0 Å². The van der Waals surface area contributed by atoms with Crippen LogP contribution in [0.3, 0.4) is 0 Å². The van der Waals surface area contributed by atoms with Gasteiger partial charge in [-0.2, -0.15) is 0 Å². The van der Waals surface area contributed by atoms with E-state index in [1.807, 2.05) is 19.2 Å². The third kappa shape index (κ3) is 4.57. The second-order valence-corrected chi connectivity index (χ2v) is 6.67. The molecule has 1 aromatic carbocycles. The first-order valence-corrected chi connectivity index (χ1v) is 7.39. The SMILES string of the molecule is CNC(CCN(C)C(C)C(C)(C)C)c1ccccc1F. The van der Waals surface area contributed by atoms with Gasteiger partial charge >= 0.3 is 0 Å². The number of hydrogen-bond donors (Lipinski definition) is 1. The maximum absolute atomic E-state index is 13.8. The molecule has 0 aliphatic rings. The fourth-order valence-corrected chi connectivity index (χ4v) is 2.40. The van der Waals surface area contributed by atoms with Crippen LogP contribution in [0.25, 0.3) is 0 Å². The molecule has 0 fully saturated rings. The van der Waals surface area contributed by atoms with Crippen LogP contribution in [0.4, 0.5) is 4.39 Å². The summed E-state index contributed by atoms with van der Waals surface area (Å²) in [5.41, 5.74) is 1.01. The van der Waals surface area contributed by atoms with E-state index in [0.717, 1.165) is 18.5 Å². The maximum atomic E-state index is 13.8. The average molecular weight is 280 g/mol. The van der Waals surface area contributed by atoms with Crippen molar-refractivity contribution in [3.63, 3.8) is 0 Å². The summed E-state index contributed by atoms with van der Waals surface area (Å²) in [6.45, 7) is 9.94. The summed E-state index contributed by atoms with van der Waals surface area (Å²) >= 11 is 0. The van der Waals surface area contributed by atoms with Gasteiger partial charge in [0.2, 0.25) is 0 Å². The monoisotopic (exact) mass is 280 g/mol. The van der Waals surface area contributed by atoms with Gasteiger partial charge in [0.05, 0.1) is 0 Å². The standard InChI is InChI=1S/C17H29FN2/c1-13(17(2,3)4)20(6)12-11-16(19-5)14-9-7-8-10-15(14)18/h7-10,13,16,19H,11-12H2,1-6H3. The molecule has 20 heavy (non-hydrogen) atoms. The molecule has 0 bridgehead atoms. The van der Waals surface area contributed by atoms with Crippen LogP contribution < -0.4 is 5.32 Å². The molecule has 2 unspecified atom stereocenters. The van der Waals surface area contributed by atoms with Gasteiger partial charge in [0, 0.05) is 17.6 Å². The number of nitrogens with zero attached hydrogens (tertiary/aromatic N) is 1. The lowest BCUT2D eigenvalue weighted by molar-refractivity contribution is 0.136. The Morgan fingerprint density at radius 1 is 1.25 bits per heavy atom. The second kappa shape index (κ2) is 7.19. The number of hydrogen-bond acceptors (Lipinski definition) is 2. The highest BCUT2D eigenvalue weighted by Gasteiger charge is 2.24. The first-order chi connectivity index (χ1) is 9.27. The molecule has 0 aliphatic heterocycles. The summed E-state index contributed by atoms with van der Waals surface area (Å²) in [7, 11) is 4.04. The Hall–Kier alpha value is -0.930. The predicted octanol–water partition coefficient (Wildman–Crippen LogP) is 3.84. The highest BCUT2D eigenvalue weighted by atomic mass is 19.1. The van der Waals surface area contributed by atoms with Crippen LogP contribution in [0.2, 0.25) is 0 Å². The highest BCUT2D eigenvalue weighted by Crippen LogP contribution is 2.25. The molecular formula is C17H29FN2. The van der Waals surface area contributed by atoms with E-state index < -0.39 is 0 Å². The first-order valence-electron chi connectivity index (χ1n) is 7.39. The summed E-state index contributed by atoms with van der Waals surface area (Å²) in [5.74, 6) is -0.127. The second-order valence-electron chi connectivity index (χ2n) is 6.67. The van der Waals surface area contributed by atoms with Crippen molar-refractivity contribution in [1.82, 2.24) is 10.2 Å². The highest BCUT2D eigenvalue weighted by molar-refractivity contribution is 5.21.